The number of nitrogens with one attached hydrogen (secondary N) is 1. The minimum atomic E-state index is -0.214. The van der Waals surface area contributed by atoms with Gasteiger partial charge in [-0.2, -0.15) is 5.26 Å². The Balaban J connectivity index is 3.58. The molecule has 0 bridgehead atoms. The van der Waals surface area contributed by atoms with Gasteiger partial charge in [-0.05, 0) is 33.7 Å². The van der Waals surface area contributed by atoms with Gasteiger partial charge in [0.1, 0.15) is 0 Å². The number of nitrogens with zero attached hydrogens (tertiary/aromatic N) is 1. The second-order valence-electron chi connectivity index (χ2n) is 3.72. The van der Waals surface area contributed by atoms with E-state index in [0.29, 0.717) is 6.04 Å². The van der Waals surface area contributed by atoms with Gasteiger partial charge in [0, 0.05) is 6.04 Å². The van der Waals surface area contributed by atoms with Crippen LogP contribution in [0.25, 0.3) is 0 Å². The molecule has 0 aliphatic heterocycles. The summed E-state index contributed by atoms with van der Waals surface area (Å²) in [5.74, 6) is 0. The van der Waals surface area contributed by atoms with Crippen molar-refractivity contribution < 1.29 is 0 Å². The van der Waals surface area contributed by atoms with Crippen LogP contribution in [0.2, 0.25) is 0 Å². The molecule has 0 amide bonds. The number of hydrogen-bond donors (Lipinski definition) is 1. The highest BCUT2D eigenvalue weighted by Crippen LogP contribution is 2.17. The van der Waals surface area contributed by atoms with Crippen molar-refractivity contribution in [2.45, 2.75) is 33.2 Å². The predicted octanol–water partition coefficient (Wildman–Crippen LogP) is 2.09. The van der Waals surface area contributed by atoms with Crippen LogP contribution in [0, 0.1) is 16.7 Å². The van der Waals surface area contributed by atoms with E-state index in [1.54, 1.807) is 0 Å². The molecule has 0 rings (SSSR count). The number of hydrogen-bond acceptors (Lipinski definition) is 2. The number of rotatable bonds is 5. The lowest BCUT2D eigenvalue weighted by molar-refractivity contribution is 0.426. The van der Waals surface area contributed by atoms with Crippen LogP contribution in [0.15, 0.2) is 12.7 Å². The Kier molecular flexibility index (Phi) is 4.61. The van der Waals surface area contributed by atoms with Crippen LogP contribution < -0.4 is 5.32 Å². The SMILES string of the molecule is C=CC(C)NCCC(C)(C)C#N. The summed E-state index contributed by atoms with van der Waals surface area (Å²) >= 11 is 0. The first kappa shape index (κ1) is 11.2. The van der Waals surface area contributed by atoms with E-state index in [2.05, 4.69) is 18.0 Å². The largest absolute Gasteiger partial charge is 0.311 e. The Morgan fingerprint density at radius 2 is 2.25 bits per heavy atom. The maximum absolute atomic E-state index is 8.72. The Labute approximate surface area is 75.3 Å². The maximum Gasteiger partial charge on any atom is 0.0684 e. The van der Waals surface area contributed by atoms with Gasteiger partial charge in [0.05, 0.1) is 11.5 Å². The molecule has 0 spiro atoms. The second kappa shape index (κ2) is 4.95. The van der Waals surface area contributed by atoms with Crippen molar-refractivity contribution in [1.82, 2.24) is 5.32 Å². The van der Waals surface area contributed by atoms with Crippen molar-refractivity contribution in [3.63, 3.8) is 0 Å². The van der Waals surface area contributed by atoms with Crippen molar-refractivity contribution in [1.29, 1.82) is 5.26 Å². The fraction of sp³-hybridized carbons (Fsp3) is 0.700. The third-order valence-electron chi connectivity index (χ3n) is 1.87. The Morgan fingerprint density at radius 1 is 1.67 bits per heavy atom. The van der Waals surface area contributed by atoms with Gasteiger partial charge < -0.3 is 5.32 Å². The molecule has 0 aliphatic rings. The summed E-state index contributed by atoms with van der Waals surface area (Å²) in [6, 6.07) is 2.60. The zero-order chi connectivity index (χ0) is 9.61. The molecule has 0 aromatic heterocycles. The van der Waals surface area contributed by atoms with Gasteiger partial charge in [-0.1, -0.05) is 6.08 Å². The highest BCUT2D eigenvalue weighted by Gasteiger charge is 2.15. The predicted molar refractivity (Wildman–Crippen MR) is 51.7 cm³/mol. The van der Waals surface area contributed by atoms with Gasteiger partial charge in [-0.25, -0.2) is 0 Å². The zero-order valence-corrected chi connectivity index (χ0v) is 8.22. The average molecular weight is 166 g/mol. The topological polar surface area (TPSA) is 35.8 Å². The fourth-order valence-electron chi connectivity index (χ4n) is 0.752. The van der Waals surface area contributed by atoms with Crippen LogP contribution in [0.1, 0.15) is 27.2 Å². The summed E-state index contributed by atoms with van der Waals surface area (Å²) in [6.45, 7) is 10.5. The first-order chi connectivity index (χ1) is 5.52. The molecule has 1 unspecified atom stereocenters. The summed E-state index contributed by atoms with van der Waals surface area (Å²) < 4.78 is 0. The molecule has 0 aromatic rings. The summed E-state index contributed by atoms with van der Waals surface area (Å²) in [6.07, 6.45) is 2.74. The van der Waals surface area contributed by atoms with E-state index in [1.165, 1.54) is 0 Å². The summed E-state index contributed by atoms with van der Waals surface area (Å²) in [5, 5.41) is 12.0. The van der Waals surface area contributed by atoms with Crippen LogP contribution in [-0.2, 0) is 0 Å². The summed E-state index contributed by atoms with van der Waals surface area (Å²) in [5.41, 5.74) is -0.214. The van der Waals surface area contributed by atoms with Gasteiger partial charge in [-0.15, -0.1) is 6.58 Å². The van der Waals surface area contributed by atoms with E-state index < -0.39 is 0 Å². The van der Waals surface area contributed by atoms with E-state index in [9.17, 15) is 0 Å². The molecule has 0 fully saturated rings. The minimum Gasteiger partial charge on any atom is -0.311 e. The van der Waals surface area contributed by atoms with Crippen molar-refractivity contribution in [3.8, 4) is 6.07 Å². The quantitative estimate of drug-likeness (QED) is 0.635. The van der Waals surface area contributed by atoms with Crippen molar-refractivity contribution in [2.24, 2.45) is 5.41 Å². The smallest absolute Gasteiger partial charge is 0.0684 e. The lowest BCUT2D eigenvalue weighted by Gasteiger charge is -2.16. The first-order valence-electron chi connectivity index (χ1n) is 4.29. The van der Waals surface area contributed by atoms with Gasteiger partial charge >= 0.3 is 0 Å². The summed E-state index contributed by atoms with van der Waals surface area (Å²) in [7, 11) is 0. The minimum absolute atomic E-state index is 0.214. The molecule has 2 nitrogen and oxygen atoms in total. The molecular formula is C10H18N2. The molecule has 0 aromatic carbocycles. The molecule has 1 atom stereocenters. The third-order valence-corrected chi connectivity index (χ3v) is 1.87. The molecule has 2 heteroatoms. The molecule has 0 radical (unpaired) electrons. The highest BCUT2D eigenvalue weighted by atomic mass is 14.9. The van der Waals surface area contributed by atoms with E-state index in [1.807, 2.05) is 26.8 Å². The molecule has 0 aliphatic carbocycles. The summed E-state index contributed by atoms with van der Waals surface area (Å²) in [4.78, 5) is 0. The standard InChI is InChI=1S/C10H18N2/c1-5-9(2)12-7-6-10(3,4)8-11/h5,9,12H,1,6-7H2,2-4H3. The molecule has 0 saturated carbocycles. The van der Waals surface area contributed by atoms with Gasteiger partial charge in [0.2, 0.25) is 0 Å². The lowest BCUT2D eigenvalue weighted by Crippen LogP contribution is -2.27. The lowest BCUT2D eigenvalue weighted by atomic mass is 9.91. The van der Waals surface area contributed by atoms with Crippen LogP contribution >= 0.6 is 0 Å². The van der Waals surface area contributed by atoms with Crippen molar-refractivity contribution in [3.05, 3.63) is 12.7 Å². The monoisotopic (exact) mass is 166 g/mol. The molecule has 12 heavy (non-hydrogen) atoms. The highest BCUT2D eigenvalue weighted by molar-refractivity contribution is 4.92. The second-order valence-corrected chi connectivity index (χ2v) is 3.72. The van der Waals surface area contributed by atoms with Crippen LogP contribution in [0.5, 0.6) is 0 Å². The van der Waals surface area contributed by atoms with E-state index in [0.717, 1.165) is 13.0 Å². The van der Waals surface area contributed by atoms with E-state index in [-0.39, 0.29) is 5.41 Å². The Hall–Kier alpha value is -0.810. The van der Waals surface area contributed by atoms with E-state index >= 15 is 0 Å². The third kappa shape index (κ3) is 4.92. The van der Waals surface area contributed by atoms with Crippen LogP contribution in [0.3, 0.4) is 0 Å². The zero-order valence-electron chi connectivity index (χ0n) is 8.22. The Bertz CT molecular complexity index is 177. The van der Waals surface area contributed by atoms with Crippen molar-refractivity contribution >= 4 is 0 Å². The van der Waals surface area contributed by atoms with Crippen LogP contribution in [0.4, 0.5) is 0 Å². The Morgan fingerprint density at radius 3 is 2.67 bits per heavy atom. The normalized spacial score (nSPS) is 13.5. The van der Waals surface area contributed by atoms with Crippen LogP contribution in [-0.4, -0.2) is 12.6 Å². The van der Waals surface area contributed by atoms with Crippen molar-refractivity contribution in [2.75, 3.05) is 6.54 Å². The van der Waals surface area contributed by atoms with Gasteiger partial charge in [0.25, 0.3) is 0 Å². The fourth-order valence-corrected chi connectivity index (χ4v) is 0.752. The molecule has 0 saturated heterocycles. The van der Waals surface area contributed by atoms with E-state index in [4.69, 9.17) is 5.26 Å². The first-order valence-corrected chi connectivity index (χ1v) is 4.29. The maximum atomic E-state index is 8.72. The number of nitriles is 1. The van der Waals surface area contributed by atoms with Gasteiger partial charge in [-0.3, -0.25) is 0 Å². The molecule has 68 valence electrons. The van der Waals surface area contributed by atoms with Gasteiger partial charge in [0.15, 0.2) is 0 Å². The average Bonchev–Trinajstić information content (AvgIpc) is 2.04. The molecule has 1 N–H and O–H groups in total. The molecule has 0 heterocycles. The molecular weight excluding hydrogens is 148 g/mol.